The second-order valence-electron chi connectivity index (χ2n) is 6.28. The Balaban J connectivity index is 1.56. The molecule has 0 saturated heterocycles. The van der Waals surface area contributed by atoms with E-state index in [2.05, 4.69) is 15.6 Å². The number of hydrogen-bond acceptors (Lipinski definition) is 3. The fourth-order valence-corrected chi connectivity index (χ4v) is 2.94. The molecule has 25 heavy (non-hydrogen) atoms. The van der Waals surface area contributed by atoms with Crippen LogP contribution in [0.1, 0.15) is 27.0 Å². The predicted molar refractivity (Wildman–Crippen MR) is 96.8 cm³/mol. The Morgan fingerprint density at radius 1 is 1.32 bits per heavy atom. The molecule has 0 radical (unpaired) electrons. The molecule has 1 aliphatic heterocycles. The third kappa shape index (κ3) is 3.96. The molecule has 3 amide bonds. The molecule has 0 spiro atoms. The van der Waals surface area contributed by atoms with Gasteiger partial charge in [0.25, 0.3) is 5.91 Å². The van der Waals surface area contributed by atoms with Crippen LogP contribution in [0.3, 0.4) is 0 Å². The summed E-state index contributed by atoms with van der Waals surface area (Å²) in [7, 11) is 1.79. The third-order valence-corrected chi connectivity index (χ3v) is 4.48. The minimum absolute atomic E-state index is 0.00142. The zero-order valence-corrected chi connectivity index (χ0v) is 14.5. The zero-order valence-electron chi connectivity index (χ0n) is 14.5. The first kappa shape index (κ1) is 17.0. The average Bonchev–Trinajstić information content (AvgIpc) is 2.60. The molecule has 0 aliphatic carbocycles. The summed E-state index contributed by atoms with van der Waals surface area (Å²) in [5.41, 5.74) is 4.60. The molecular weight excluding hydrogens is 316 g/mol. The molecule has 2 heterocycles. The molecule has 3 rings (SSSR count). The summed E-state index contributed by atoms with van der Waals surface area (Å²) in [6.07, 6.45) is 5.16. The topological polar surface area (TPSA) is 74.3 Å². The van der Waals surface area contributed by atoms with Crippen LogP contribution in [0.15, 0.2) is 36.7 Å². The summed E-state index contributed by atoms with van der Waals surface area (Å²) in [5, 5.41) is 5.64. The van der Waals surface area contributed by atoms with Crippen molar-refractivity contribution in [3.05, 3.63) is 58.9 Å². The fourth-order valence-electron chi connectivity index (χ4n) is 2.94. The summed E-state index contributed by atoms with van der Waals surface area (Å²) in [6, 6.07) is 7.18. The number of hydrogen-bond donors (Lipinski definition) is 2. The number of likely N-dealkylation sites (N-methyl/N-ethyl adjacent to an activating group) is 1. The summed E-state index contributed by atoms with van der Waals surface area (Å²) in [6.45, 7) is 3.26. The molecule has 2 aromatic rings. The molecule has 2 N–H and O–H groups in total. The van der Waals surface area contributed by atoms with Gasteiger partial charge in [-0.1, -0.05) is 6.07 Å². The first-order valence-corrected chi connectivity index (χ1v) is 8.37. The number of carbonyl (C=O) groups is 2. The van der Waals surface area contributed by atoms with Crippen LogP contribution in [-0.4, -0.2) is 42.0 Å². The van der Waals surface area contributed by atoms with Crippen molar-refractivity contribution in [1.82, 2.24) is 15.2 Å². The van der Waals surface area contributed by atoms with Crippen LogP contribution in [0.2, 0.25) is 0 Å². The van der Waals surface area contributed by atoms with Crippen LogP contribution in [-0.2, 0) is 12.8 Å². The van der Waals surface area contributed by atoms with Gasteiger partial charge >= 0.3 is 6.03 Å². The zero-order chi connectivity index (χ0) is 17.8. The van der Waals surface area contributed by atoms with Crippen LogP contribution in [0, 0.1) is 6.92 Å². The van der Waals surface area contributed by atoms with E-state index in [1.807, 2.05) is 31.3 Å². The van der Waals surface area contributed by atoms with Crippen molar-refractivity contribution in [3.8, 4) is 0 Å². The number of aryl methyl sites for hydroxylation is 1. The number of anilines is 1. The van der Waals surface area contributed by atoms with Gasteiger partial charge in [-0.05, 0) is 54.7 Å². The van der Waals surface area contributed by atoms with Gasteiger partial charge in [0.15, 0.2) is 0 Å². The molecule has 0 saturated carbocycles. The molecule has 0 unspecified atom stereocenters. The van der Waals surface area contributed by atoms with Crippen molar-refractivity contribution in [1.29, 1.82) is 0 Å². The van der Waals surface area contributed by atoms with Crippen LogP contribution in [0.5, 0.6) is 0 Å². The van der Waals surface area contributed by atoms with Gasteiger partial charge in [-0.3, -0.25) is 9.78 Å². The number of amides is 3. The van der Waals surface area contributed by atoms with Crippen molar-refractivity contribution >= 4 is 17.6 Å². The van der Waals surface area contributed by atoms with Crippen molar-refractivity contribution in [2.45, 2.75) is 19.8 Å². The maximum atomic E-state index is 12.2. The lowest BCUT2D eigenvalue weighted by atomic mass is 9.99. The minimum atomic E-state index is -0.275. The van der Waals surface area contributed by atoms with Gasteiger partial charge in [0, 0.05) is 43.8 Å². The van der Waals surface area contributed by atoms with Gasteiger partial charge in [-0.15, -0.1) is 0 Å². The van der Waals surface area contributed by atoms with Crippen molar-refractivity contribution in [2.75, 3.05) is 25.5 Å². The maximum Gasteiger partial charge on any atom is 0.319 e. The normalized spacial score (nSPS) is 13.4. The first-order valence-electron chi connectivity index (χ1n) is 8.37. The lowest BCUT2D eigenvalue weighted by Crippen LogP contribution is -2.34. The van der Waals surface area contributed by atoms with Crippen LogP contribution >= 0.6 is 0 Å². The molecule has 0 atom stereocenters. The number of aromatic nitrogens is 1. The monoisotopic (exact) mass is 338 g/mol. The number of carbonyl (C=O) groups excluding carboxylic acids is 2. The van der Waals surface area contributed by atoms with Crippen LogP contribution in [0.4, 0.5) is 10.5 Å². The van der Waals surface area contributed by atoms with E-state index >= 15 is 0 Å². The number of rotatable bonds is 4. The maximum absolute atomic E-state index is 12.2. The smallest absolute Gasteiger partial charge is 0.319 e. The van der Waals surface area contributed by atoms with Crippen molar-refractivity contribution in [2.24, 2.45) is 0 Å². The average molecular weight is 338 g/mol. The van der Waals surface area contributed by atoms with Gasteiger partial charge in [0.1, 0.15) is 0 Å². The van der Waals surface area contributed by atoms with Gasteiger partial charge < -0.3 is 15.5 Å². The van der Waals surface area contributed by atoms with E-state index in [0.717, 1.165) is 36.1 Å². The van der Waals surface area contributed by atoms with E-state index in [1.165, 1.54) is 0 Å². The lowest BCUT2D eigenvalue weighted by molar-refractivity contribution is 0.0781. The highest BCUT2D eigenvalue weighted by atomic mass is 16.2. The van der Waals surface area contributed by atoms with E-state index in [-0.39, 0.29) is 11.9 Å². The summed E-state index contributed by atoms with van der Waals surface area (Å²) in [5.74, 6) is -0.00142. The Hall–Kier alpha value is -2.89. The SMILES string of the molecule is Cc1cnccc1CCNC(=O)Nc1ccc2c(c1)C(=O)N(C)CC2. The molecular formula is C19H22N4O2. The number of pyridine rings is 1. The number of nitrogens with zero attached hydrogens (tertiary/aromatic N) is 2. The van der Waals surface area contributed by atoms with Gasteiger partial charge in [-0.2, -0.15) is 0 Å². The van der Waals surface area contributed by atoms with E-state index in [0.29, 0.717) is 17.8 Å². The van der Waals surface area contributed by atoms with E-state index in [9.17, 15) is 9.59 Å². The third-order valence-electron chi connectivity index (χ3n) is 4.48. The van der Waals surface area contributed by atoms with Gasteiger partial charge in [0.2, 0.25) is 0 Å². The molecule has 130 valence electrons. The molecule has 1 aromatic heterocycles. The van der Waals surface area contributed by atoms with E-state index < -0.39 is 0 Å². The Labute approximate surface area is 147 Å². The molecule has 0 fully saturated rings. The fraction of sp³-hybridized carbons (Fsp3) is 0.316. The summed E-state index contributed by atoms with van der Waals surface area (Å²) in [4.78, 5) is 30.0. The largest absolute Gasteiger partial charge is 0.341 e. The van der Waals surface area contributed by atoms with Crippen LogP contribution in [0.25, 0.3) is 0 Å². The summed E-state index contributed by atoms with van der Waals surface area (Å²) >= 11 is 0. The van der Waals surface area contributed by atoms with Crippen LogP contribution < -0.4 is 10.6 Å². The highest BCUT2D eigenvalue weighted by molar-refractivity contribution is 5.98. The predicted octanol–water partition coefficient (Wildman–Crippen LogP) is 2.38. The Morgan fingerprint density at radius 2 is 2.16 bits per heavy atom. The highest BCUT2D eigenvalue weighted by Crippen LogP contribution is 2.21. The molecule has 0 bridgehead atoms. The van der Waals surface area contributed by atoms with E-state index in [1.54, 1.807) is 24.2 Å². The Morgan fingerprint density at radius 3 is 2.96 bits per heavy atom. The highest BCUT2D eigenvalue weighted by Gasteiger charge is 2.21. The Bertz CT molecular complexity index is 804. The second-order valence-corrected chi connectivity index (χ2v) is 6.28. The molecule has 1 aromatic carbocycles. The Kier molecular flexibility index (Phi) is 4.97. The standard InChI is InChI=1S/C19H22N4O2/c1-13-12-20-8-5-14(13)6-9-21-19(25)22-16-4-3-15-7-10-23(2)18(24)17(15)11-16/h3-5,8,11-12H,6-7,9-10H2,1-2H3,(H2,21,22,25). The molecule has 6 heteroatoms. The molecule has 1 aliphatic rings. The van der Waals surface area contributed by atoms with Crippen molar-refractivity contribution < 1.29 is 9.59 Å². The number of fused-ring (bicyclic) bond motifs is 1. The lowest BCUT2D eigenvalue weighted by Gasteiger charge is -2.25. The number of urea groups is 1. The first-order chi connectivity index (χ1) is 12.0. The minimum Gasteiger partial charge on any atom is -0.341 e. The summed E-state index contributed by atoms with van der Waals surface area (Å²) < 4.78 is 0. The number of benzene rings is 1. The van der Waals surface area contributed by atoms with Gasteiger partial charge in [0.05, 0.1) is 0 Å². The number of nitrogens with one attached hydrogen (secondary N) is 2. The second kappa shape index (κ2) is 7.34. The van der Waals surface area contributed by atoms with Crippen molar-refractivity contribution in [3.63, 3.8) is 0 Å². The molecule has 6 nitrogen and oxygen atoms in total. The van der Waals surface area contributed by atoms with Gasteiger partial charge in [-0.25, -0.2) is 4.79 Å². The quantitative estimate of drug-likeness (QED) is 0.899. The van der Waals surface area contributed by atoms with E-state index in [4.69, 9.17) is 0 Å².